The second-order valence-corrected chi connectivity index (χ2v) is 7.40. The summed E-state index contributed by atoms with van der Waals surface area (Å²) in [5.74, 6) is 1.71. The Hall–Kier alpha value is -1.91. The first-order valence-electron chi connectivity index (χ1n) is 8.58. The Morgan fingerprint density at radius 2 is 2.08 bits per heavy atom. The van der Waals surface area contributed by atoms with Gasteiger partial charge in [-0.25, -0.2) is 4.98 Å². The van der Waals surface area contributed by atoms with Gasteiger partial charge >= 0.3 is 0 Å². The third-order valence-corrected chi connectivity index (χ3v) is 5.65. The third-order valence-electron chi connectivity index (χ3n) is 4.79. The van der Waals surface area contributed by atoms with E-state index in [1.54, 1.807) is 11.3 Å². The van der Waals surface area contributed by atoms with Crippen LogP contribution in [0, 0.1) is 6.92 Å². The van der Waals surface area contributed by atoms with E-state index in [-0.39, 0.29) is 0 Å². The number of rotatable bonds is 5. The zero-order valence-electron chi connectivity index (χ0n) is 13.9. The van der Waals surface area contributed by atoms with Crippen molar-refractivity contribution in [2.75, 3.05) is 6.54 Å². The van der Waals surface area contributed by atoms with Gasteiger partial charge in [0.1, 0.15) is 5.76 Å². The minimum absolute atomic E-state index is 0.605. The van der Waals surface area contributed by atoms with E-state index < -0.39 is 0 Å². The second-order valence-electron chi connectivity index (χ2n) is 6.46. The van der Waals surface area contributed by atoms with Crippen molar-refractivity contribution in [2.24, 2.45) is 0 Å². The fourth-order valence-corrected chi connectivity index (χ4v) is 4.14. The maximum atomic E-state index is 5.90. The molecule has 0 spiro atoms. The number of hydrogen-bond donors (Lipinski definition) is 0. The Bertz CT molecular complexity index is 779. The van der Waals surface area contributed by atoms with E-state index in [0.29, 0.717) is 6.04 Å². The van der Waals surface area contributed by atoms with Crippen LogP contribution >= 0.6 is 11.3 Å². The highest BCUT2D eigenvalue weighted by molar-refractivity contribution is 7.13. The zero-order chi connectivity index (χ0) is 16.4. The fraction of sp³-hybridized carbons (Fsp3) is 0.350. The van der Waals surface area contributed by atoms with Gasteiger partial charge in [0.25, 0.3) is 0 Å². The molecule has 1 fully saturated rings. The van der Waals surface area contributed by atoms with Gasteiger partial charge in [0.2, 0.25) is 5.89 Å². The van der Waals surface area contributed by atoms with Crippen LogP contribution < -0.4 is 0 Å². The van der Waals surface area contributed by atoms with Crippen LogP contribution in [0.5, 0.6) is 0 Å². The number of benzene rings is 1. The molecule has 0 saturated carbocycles. The lowest BCUT2D eigenvalue weighted by molar-refractivity contribution is 0.240. The highest BCUT2D eigenvalue weighted by Crippen LogP contribution is 2.28. The zero-order valence-corrected chi connectivity index (χ0v) is 14.8. The number of likely N-dealkylation sites (tertiary alicyclic amines) is 1. The highest BCUT2D eigenvalue weighted by Gasteiger charge is 2.26. The normalized spacial score (nSPS) is 18.3. The van der Waals surface area contributed by atoms with Crippen LogP contribution in [0.3, 0.4) is 0 Å². The lowest BCUT2D eigenvalue weighted by Crippen LogP contribution is -2.31. The molecule has 4 heteroatoms. The summed E-state index contributed by atoms with van der Waals surface area (Å²) in [5, 5.41) is 2.06. The van der Waals surface area contributed by atoms with Crippen molar-refractivity contribution in [1.29, 1.82) is 0 Å². The molecular formula is C20H22N2OS. The quantitative estimate of drug-likeness (QED) is 0.661. The Balaban J connectivity index is 1.48. The number of oxazole rings is 1. The first-order chi connectivity index (χ1) is 11.8. The average Bonchev–Trinajstić information content (AvgIpc) is 3.32. The smallest absolute Gasteiger partial charge is 0.236 e. The summed E-state index contributed by atoms with van der Waals surface area (Å²) in [6, 6.07) is 15.5. The van der Waals surface area contributed by atoms with Gasteiger partial charge in [-0.15, -0.1) is 11.3 Å². The molecule has 1 atom stereocenters. The predicted octanol–water partition coefficient (Wildman–Crippen LogP) is 4.92. The molecule has 1 saturated heterocycles. The van der Waals surface area contributed by atoms with Crippen molar-refractivity contribution in [3.63, 3.8) is 0 Å². The average molecular weight is 338 g/mol. The minimum Gasteiger partial charge on any atom is -0.440 e. The Labute approximate surface area is 147 Å². The van der Waals surface area contributed by atoms with E-state index in [9.17, 15) is 0 Å². The summed E-state index contributed by atoms with van der Waals surface area (Å²) >= 11 is 1.67. The van der Waals surface area contributed by atoms with E-state index in [4.69, 9.17) is 9.40 Å². The summed E-state index contributed by atoms with van der Waals surface area (Å²) in [5.41, 5.74) is 2.50. The SMILES string of the molecule is Cc1oc(-c2cccs2)nc1CN1CCCC1Cc1ccccc1. The van der Waals surface area contributed by atoms with Crippen molar-refractivity contribution in [3.05, 3.63) is 64.9 Å². The number of aromatic nitrogens is 1. The van der Waals surface area contributed by atoms with Crippen LogP contribution in [0.2, 0.25) is 0 Å². The van der Waals surface area contributed by atoms with Crippen LogP contribution in [0.1, 0.15) is 29.9 Å². The van der Waals surface area contributed by atoms with Gasteiger partial charge in [-0.3, -0.25) is 4.90 Å². The number of aryl methyl sites for hydroxylation is 1. The molecule has 3 heterocycles. The van der Waals surface area contributed by atoms with Crippen molar-refractivity contribution in [2.45, 2.75) is 38.8 Å². The number of thiophene rings is 1. The third kappa shape index (κ3) is 3.30. The van der Waals surface area contributed by atoms with E-state index in [0.717, 1.165) is 41.7 Å². The van der Waals surface area contributed by atoms with Crippen molar-refractivity contribution >= 4 is 11.3 Å². The minimum atomic E-state index is 0.605. The van der Waals surface area contributed by atoms with Crippen LogP contribution in [0.4, 0.5) is 0 Å². The van der Waals surface area contributed by atoms with E-state index in [1.165, 1.54) is 18.4 Å². The molecule has 124 valence electrons. The molecule has 0 aliphatic carbocycles. The van der Waals surface area contributed by atoms with Crippen LogP contribution in [-0.2, 0) is 13.0 Å². The summed E-state index contributed by atoms with van der Waals surface area (Å²) in [4.78, 5) is 8.43. The molecule has 2 aromatic heterocycles. The molecule has 0 radical (unpaired) electrons. The molecule has 24 heavy (non-hydrogen) atoms. The second kappa shape index (κ2) is 6.91. The summed E-state index contributed by atoms with van der Waals surface area (Å²) in [6.07, 6.45) is 3.66. The van der Waals surface area contributed by atoms with Gasteiger partial charge in [-0.05, 0) is 49.7 Å². The maximum Gasteiger partial charge on any atom is 0.236 e. The van der Waals surface area contributed by atoms with Gasteiger partial charge in [0, 0.05) is 12.6 Å². The predicted molar refractivity (Wildman–Crippen MR) is 98.1 cm³/mol. The number of nitrogens with zero attached hydrogens (tertiary/aromatic N) is 2. The lowest BCUT2D eigenvalue weighted by Gasteiger charge is -2.23. The van der Waals surface area contributed by atoms with Crippen molar-refractivity contribution < 1.29 is 4.42 Å². The largest absolute Gasteiger partial charge is 0.440 e. The van der Waals surface area contributed by atoms with Crippen LogP contribution in [-0.4, -0.2) is 22.5 Å². The van der Waals surface area contributed by atoms with Gasteiger partial charge in [0.15, 0.2) is 0 Å². The Kier molecular flexibility index (Phi) is 4.50. The standard InChI is InChI=1S/C20H22N2OS/c1-15-18(21-20(23-15)19-10-6-12-24-19)14-22-11-5-9-17(22)13-16-7-3-2-4-8-16/h2-4,6-8,10,12,17H,5,9,11,13-14H2,1H3. The first-order valence-corrected chi connectivity index (χ1v) is 9.46. The molecule has 1 unspecified atom stereocenters. The van der Waals surface area contributed by atoms with Gasteiger partial charge < -0.3 is 4.42 Å². The van der Waals surface area contributed by atoms with E-state index >= 15 is 0 Å². The van der Waals surface area contributed by atoms with Crippen molar-refractivity contribution in [3.8, 4) is 10.8 Å². The van der Waals surface area contributed by atoms with Gasteiger partial charge in [-0.1, -0.05) is 36.4 Å². The molecule has 3 nitrogen and oxygen atoms in total. The molecule has 1 aliphatic heterocycles. The van der Waals surface area contributed by atoms with Crippen LogP contribution in [0.15, 0.2) is 52.3 Å². The topological polar surface area (TPSA) is 29.3 Å². The molecule has 1 aromatic carbocycles. The molecule has 1 aliphatic rings. The Morgan fingerprint density at radius 1 is 1.21 bits per heavy atom. The van der Waals surface area contributed by atoms with Crippen molar-refractivity contribution in [1.82, 2.24) is 9.88 Å². The number of hydrogen-bond acceptors (Lipinski definition) is 4. The summed E-state index contributed by atoms with van der Waals surface area (Å²) in [7, 11) is 0. The van der Waals surface area contributed by atoms with Gasteiger partial charge in [0.05, 0.1) is 10.6 Å². The highest BCUT2D eigenvalue weighted by atomic mass is 32.1. The Morgan fingerprint density at radius 3 is 2.88 bits per heavy atom. The fourth-order valence-electron chi connectivity index (χ4n) is 3.49. The van der Waals surface area contributed by atoms with E-state index in [2.05, 4.69) is 46.7 Å². The monoisotopic (exact) mass is 338 g/mol. The first kappa shape index (κ1) is 15.6. The molecule has 0 amide bonds. The summed E-state index contributed by atoms with van der Waals surface area (Å²) in [6.45, 7) is 4.07. The molecule has 4 rings (SSSR count). The van der Waals surface area contributed by atoms with Crippen LogP contribution in [0.25, 0.3) is 10.8 Å². The van der Waals surface area contributed by atoms with E-state index in [1.807, 2.05) is 13.0 Å². The molecule has 0 N–H and O–H groups in total. The lowest BCUT2D eigenvalue weighted by atomic mass is 10.0. The molecule has 3 aromatic rings. The van der Waals surface area contributed by atoms with Gasteiger partial charge in [-0.2, -0.15) is 0 Å². The maximum absolute atomic E-state index is 5.90. The summed E-state index contributed by atoms with van der Waals surface area (Å²) < 4.78 is 5.90. The molecule has 0 bridgehead atoms. The molecular weight excluding hydrogens is 316 g/mol.